The van der Waals surface area contributed by atoms with Crippen molar-refractivity contribution in [1.29, 1.82) is 5.41 Å². The highest BCUT2D eigenvalue weighted by Crippen LogP contribution is 1.88. The van der Waals surface area contributed by atoms with Gasteiger partial charge in [0.25, 0.3) is 5.90 Å². The first kappa shape index (κ1) is 9.25. The monoisotopic (exact) mass is 164 g/mol. The van der Waals surface area contributed by atoms with Crippen molar-refractivity contribution >= 4 is 23.0 Å². The number of hydrogen-bond acceptors (Lipinski definition) is 5. The molecule has 0 amide bonds. The highest BCUT2D eigenvalue weighted by molar-refractivity contribution is 7.74. The van der Waals surface area contributed by atoms with Crippen LogP contribution in [0.1, 0.15) is 13.3 Å². The zero-order valence-corrected chi connectivity index (χ0v) is 6.06. The molecule has 1 unspecified atom stereocenters. The first-order chi connectivity index (χ1) is 4.57. The molecule has 0 saturated heterocycles. The van der Waals surface area contributed by atoms with E-state index in [1.165, 1.54) is 6.92 Å². The van der Waals surface area contributed by atoms with Crippen molar-refractivity contribution < 1.29 is 17.7 Å². The molecule has 6 heteroatoms. The molecule has 0 saturated carbocycles. The average Bonchev–Trinajstić information content (AvgIpc) is 1.85. The number of rotatable bonds is 3. The van der Waals surface area contributed by atoms with E-state index < -0.39 is 23.0 Å². The minimum absolute atomic E-state index is 0.0655. The van der Waals surface area contributed by atoms with Crippen LogP contribution in [-0.2, 0) is 20.3 Å². The molecule has 58 valence electrons. The highest BCUT2D eigenvalue weighted by atomic mass is 32.2. The first-order valence-corrected chi connectivity index (χ1v) is 3.47. The van der Waals surface area contributed by atoms with E-state index in [0.29, 0.717) is 0 Å². The SMILES string of the molecule is CCC(=O)C(=N)OS(=O)[O-]. The van der Waals surface area contributed by atoms with E-state index in [1.807, 2.05) is 0 Å². The molecule has 1 N–H and O–H groups in total. The fourth-order valence-electron chi connectivity index (χ4n) is 0.275. The van der Waals surface area contributed by atoms with Crippen molar-refractivity contribution in [2.75, 3.05) is 0 Å². The van der Waals surface area contributed by atoms with Crippen LogP contribution in [0.2, 0.25) is 0 Å². The lowest BCUT2D eigenvalue weighted by Crippen LogP contribution is -2.16. The molecule has 1 atom stereocenters. The summed E-state index contributed by atoms with van der Waals surface area (Å²) in [5.41, 5.74) is 0. The predicted molar refractivity (Wildman–Crippen MR) is 33.0 cm³/mol. The van der Waals surface area contributed by atoms with E-state index in [-0.39, 0.29) is 6.42 Å². The van der Waals surface area contributed by atoms with Crippen molar-refractivity contribution in [2.24, 2.45) is 0 Å². The summed E-state index contributed by atoms with van der Waals surface area (Å²) in [5, 5.41) is 6.66. The number of carbonyl (C=O) groups is 1. The summed E-state index contributed by atoms with van der Waals surface area (Å²) in [5.74, 6) is -1.47. The van der Waals surface area contributed by atoms with Crippen molar-refractivity contribution in [2.45, 2.75) is 13.3 Å². The Bertz CT molecular complexity index is 178. The van der Waals surface area contributed by atoms with Crippen LogP contribution in [0.5, 0.6) is 0 Å². The van der Waals surface area contributed by atoms with Crippen LogP contribution in [0.15, 0.2) is 0 Å². The van der Waals surface area contributed by atoms with Gasteiger partial charge in [0.05, 0.1) is 0 Å². The summed E-state index contributed by atoms with van der Waals surface area (Å²) in [7, 11) is 0. The fourth-order valence-corrected chi connectivity index (χ4v) is 0.504. The predicted octanol–water partition coefficient (Wildman–Crippen LogP) is -0.247. The van der Waals surface area contributed by atoms with E-state index in [1.54, 1.807) is 0 Å². The maximum atomic E-state index is 10.4. The molecule has 0 spiro atoms. The normalized spacial score (nSPS) is 12.2. The number of ketones is 1. The summed E-state index contributed by atoms with van der Waals surface area (Å²) >= 11 is -2.81. The summed E-state index contributed by atoms with van der Waals surface area (Å²) in [6.07, 6.45) is 0.0655. The Hall–Kier alpha value is -0.750. The van der Waals surface area contributed by atoms with Gasteiger partial charge in [0.2, 0.25) is 5.78 Å². The average molecular weight is 164 g/mol. The van der Waals surface area contributed by atoms with E-state index in [9.17, 15) is 13.6 Å². The van der Waals surface area contributed by atoms with Gasteiger partial charge in [0.15, 0.2) is 0 Å². The van der Waals surface area contributed by atoms with E-state index in [2.05, 4.69) is 4.18 Å². The number of nitrogens with one attached hydrogen (secondary N) is 1. The van der Waals surface area contributed by atoms with Gasteiger partial charge >= 0.3 is 0 Å². The number of carbonyl (C=O) groups excluding carboxylic acids is 1. The lowest BCUT2D eigenvalue weighted by atomic mass is 10.3. The van der Waals surface area contributed by atoms with Crippen LogP contribution in [0.25, 0.3) is 0 Å². The van der Waals surface area contributed by atoms with Crippen molar-refractivity contribution in [3.63, 3.8) is 0 Å². The third-order valence-corrected chi connectivity index (χ3v) is 1.03. The second-order valence-corrected chi connectivity index (χ2v) is 1.97. The van der Waals surface area contributed by atoms with Gasteiger partial charge in [-0.3, -0.25) is 10.2 Å². The van der Waals surface area contributed by atoms with Gasteiger partial charge in [-0.15, -0.1) is 0 Å². The van der Waals surface area contributed by atoms with Crippen LogP contribution in [-0.4, -0.2) is 20.4 Å². The summed E-state index contributed by atoms with van der Waals surface area (Å²) < 4.78 is 23.2. The number of hydrogen-bond donors (Lipinski definition) is 1. The van der Waals surface area contributed by atoms with Gasteiger partial charge in [-0.25, -0.2) is 4.21 Å². The lowest BCUT2D eigenvalue weighted by molar-refractivity contribution is -0.113. The molecule has 10 heavy (non-hydrogen) atoms. The number of Topliss-reactive ketones (excluding diaryl/α,β-unsaturated/α-hetero) is 1. The second kappa shape index (κ2) is 4.13. The second-order valence-electron chi connectivity index (χ2n) is 1.39. The van der Waals surface area contributed by atoms with Crippen LogP contribution >= 0.6 is 0 Å². The smallest absolute Gasteiger partial charge is 0.265 e. The molecule has 0 aromatic rings. The maximum Gasteiger partial charge on any atom is 0.265 e. The highest BCUT2D eigenvalue weighted by Gasteiger charge is 2.07. The minimum Gasteiger partial charge on any atom is -0.740 e. The Morgan fingerprint density at radius 1 is 1.80 bits per heavy atom. The molecule has 0 heterocycles. The van der Waals surface area contributed by atoms with Crippen LogP contribution < -0.4 is 0 Å². The Morgan fingerprint density at radius 2 is 2.30 bits per heavy atom. The van der Waals surface area contributed by atoms with Crippen molar-refractivity contribution in [1.82, 2.24) is 0 Å². The topological polar surface area (TPSA) is 90.3 Å². The summed E-state index contributed by atoms with van der Waals surface area (Å²) in [6, 6.07) is 0. The Labute approximate surface area is 60.4 Å². The molecule has 0 aliphatic heterocycles. The van der Waals surface area contributed by atoms with Gasteiger partial charge < -0.3 is 8.74 Å². The molecule has 0 aliphatic carbocycles. The van der Waals surface area contributed by atoms with Crippen LogP contribution in [0.3, 0.4) is 0 Å². The largest absolute Gasteiger partial charge is 0.740 e. The Morgan fingerprint density at radius 3 is 2.60 bits per heavy atom. The lowest BCUT2D eigenvalue weighted by Gasteiger charge is -2.04. The van der Waals surface area contributed by atoms with Gasteiger partial charge in [0.1, 0.15) is 11.4 Å². The zero-order chi connectivity index (χ0) is 8.15. The molecule has 0 rings (SSSR count). The van der Waals surface area contributed by atoms with E-state index in [0.717, 1.165) is 0 Å². The quantitative estimate of drug-likeness (QED) is 0.354. The molecule has 0 aromatic heterocycles. The molecule has 5 nitrogen and oxygen atoms in total. The third-order valence-electron chi connectivity index (χ3n) is 0.726. The Balaban J connectivity index is 3.86. The van der Waals surface area contributed by atoms with E-state index in [4.69, 9.17) is 5.41 Å². The van der Waals surface area contributed by atoms with Crippen molar-refractivity contribution in [3.8, 4) is 0 Å². The molecular weight excluding hydrogens is 158 g/mol. The standard InChI is InChI=1S/C4H7NO4S/c1-2-3(6)4(5)9-10(7)8/h5H,2H2,1H3,(H,7,8)/p-1. The Kier molecular flexibility index (Phi) is 3.82. The van der Waals surface area contributed by atoms with Crippen molar-refractivity contribution in [3.05, 3.63) is 0 Å². The molecular formula is C4H6NO4S-. The molecule has 0 aromatic carbocycles. The van der Waals surface area contributed by atoms with Gasteiger partial charge in [0, 0.05) is 6.42 Å². The first-order valence-electron chi connectivity index (χ1n) is 2.47. The van der Waals surface area contributed by atoms with Gasteiger partial charge in [-0.1, -0.05) is 6.92 Å². The van der Waals surface area contributed by atoms with Gasteiger partial charge in [-0.05, 0) is 0 Å². The minimum atomic E-state index is -2.81. The summed E-state index contributed by atoms with van der Waals surface area (Å²) in [4.78, 5) is 10.4. The molecule has 0 fully saturated rings. The fraction of sp³-hybridized carbons (Fsp3) is 0.500. The van der Waals surface area contributed by atoms with Gasteiger partial charge in [-0.2, -0.15) is 0 Å². The zero-order valence-electron chi connectivity index (χ0n) is 5.25. The van der Waals surface area contributed by atoms with Crippen LogP contribution in [0, 0.1) is 5.41 Å². The molecule has 0 aliphatic rings. The molecule has 0 radical (unpaired) electrons. The molecule has 0 bridgehead atoms. The third kappa shape index (κ3) is 3.31. The maximum absolute atomic E-state index is 10.4. The summed E-state index contributed by atoms with van der Waals surface area (Å²) in [6.45, 7) is 1.51. The van der Waals surface area contributed by atoms with Crippen LogP contribution in [0.4, 0.5) is 0 Å². The van der Waals surface area contributed by atoms with E-state index >= 15 is 0 Å².